The Balaban J connectivity index is 2.01. The fourth-order valence-corrected chi connectivity index (χ4v) is 2.88. The Morgan fingerprint density at radius 1 is 0.583 bits per heavy atom. The van der Waals surface area contributed by atoms with Crippen molar-refractivity contribution >= 4 is 0 Å². The molecule has 2 N–H and O–H groups in total. The molecule has 0 aromatic heterocycles. The van der Waals surface area contributed by atoms with Crippen LogP contribution in [0.15, 0.2) is 60.7 Å². The molecule has 24 heavy (non-hydrogen) atoms. The Kier molecular flexibility index (Phi) is 4.57. The van der Waals surface area contributed by atoms with Crippen molar-refractivity contribution in [2.45, 2.75) is 26.7 Å². The van der Waals surface area contributed by atoms with Gasteiger partial charge in [-0.2, -0.15) is 0 Å². The number of aryl methyl sites for hydroxylation is 2. The van der Waals surface area contributed by atoms with Crippen LogP contribution in [-0.4, -0.2) is 10.2 Å². The van der Waals surface area contributed by atoms with Gasteiger partial charge in [0.2, 0.25) is 0 Å². The molecule has 0 heterocycles. The average Bonchev–Trinajstić information content (AvgIpc) is 2.63. The van der Waals surface area contributed by atoms with Gasteiger partial charge in [0.25, 0.3) is 0 Å². The van der Waals surface area contributed by atoms with Gasteiger partial charge >= 0.3 is 0 Å². The highest BCUT2D eigenvalue weighted by molar-refractivity contribution is 5.80. The zero-order valence-corrected chi connectivity index (χ0v) is 14.1. The van der Waals surface area contributed by atoms with Crippen LogP contribution in [0.1, 0.15) is 25.0 Å². The summed E-state index contributed by atoms with van der Waals surface area (Å²) < 4.78 is 0. The lowest BCUT2D eigenvalue weighted by molar-refractivity contribution is 0.463. The predicted octanol–water partition coefficient (Wildman–Crippen LogP) is 5.56. The molecule has 0 unspecified atom stereocenters. The SMILES string of the molecule is CCc1ccc(-c2cc(O)c(-c3ccc(CC)cc3)cc2O)cc1. The molecule has 0 amide bonds. The van der Waals surface area contributed by atoms with E-state index in [2.05, 4.69) is 13.8 Å². The molecule has 0 saturated carbocycles. The fraction of sp³-hybridized carbons (Fsp3) is 0.182. The number of benzene rings is 3. The molecule has 2 heteroatoms. The molecular formula is C22H22O2. The van der Waals surface area contributed by atoms with Crippen molar-refractivity contribution in [2.24, 2.45) is 0 Å². The fourth-order valence-electron chi connectivity index (χ4n) is 2.88. The van der Waals surface area contributed by atoms with Crippen LogP contribution in [0.3, 0.4) is 0 Å². The lowest BCUT2D eigenvalue weighted by Crippen LogP contribution is -1.86. The van der Waals surface area contributed by atoms with Gasteiger partial charge < -0.3 is 10.2 Å². The van der Waals surface area contributed by atoms with Gasteiger partial charge in [0.15, 0.2) is 0 Å². The average molecular weight is 318 g/mol. The third kappa shape index (κ3) is 3.13. The molecule has 0 spiro atoms. The van der Waals surface area contributed by atoms with E-state index in [-0.39, 0.29) is 11.5 Å². The van der Waals surface area contributed by atoms with Crippen molar-refractivity contribution in [3.05, 3.63) is 71.8 Å². The van der Waals surface area contributed by atoms with Crippen LogP contribution in [0.5, 0.6) is 11.5 Å². The maximum Gasteiger partial charge on any atom is 0.124 e. The maximum atomic E-state index is 10.4. The number of phenols is 2. The number of rotatable bonds is 4. The predicted molar refractivity (Wildman–Crippen MR) is 99.4 cm³/mol. The highest BCUT2D eigenvalue weighted by Gasteiger charge is 2.12. The quantitative estimate of drug-likeness (QED) is 0.619. The second-order valence-corrected chi connectivity index (χ2v) is 5.99. The number of hydrogen-bond acceptors (Lipinski definition) is 2. The van der Waals surface area contributed by atoms with E-state index in [1.54, 1.807) is 12.1 Å². The first-order chi connectivity index (χ1) is 11.6. The van der Waals surface area contributed by atoms with Crippen LogP contribution in [-0.2, 0) is 12.8 Å². The van der Waals surface area contributed by atoms with Gasteiger partial charge in [-0.15, -0.1) is 0 Å². The van der Waals surface area contributed by atoms with Gasteiger partial charge in [0, 0.05) is 11.1 Å². The molecule has 0 bridgehead atoms. The molecular weight excluding hydrogens is 296 g/mol. The van der Waals surface area contributed by atoms with E-state index < -0.39 is 0 Å². The van der Waals surface area contributed by atoms with E-state index in [0.29, 0.717) is 11.1 Å². The molecule has 0 atom stereocenters. The Morgan fingerprint density at radius 3 is 1.21 bits per heavy atom. The van der Waals surface area contributed by atoms with Crippen LogP contribution >= 0.6 is 0 Å². The van der Waals surface area contributed by atoms with E-state index in [4.69, 9.17) is 0 Å². The van der Waals surface area contributed by atoms with E-state index in [1.165, 1.54) is 11.1 Å². The molecule has 0 aliphatic carbocycles. The van der Waals surface area contributed by atoms with Gasteiger partial charge in [-0.1, -0.05) is 62.4 Å². The molecule has 2 nitrogen and oxygen atoms in total. The standard InChI is InChI=1S/C22H22O2/c1-3-15-5-9-17(10-6-15)19-13-22(24)20(14-21(19)23)18-11-7-16(4-2)8-12-18/h5-14,23-24H,3-4H2,1-2H3. The van der Waals surface area contributed by atoms with Gasteiger partial charge in [-0.3, -0.25) is 0 Å². The van der Waals surface area contributed by atoms with Gasteiger partial charge in [-0.05, 0) is 47.2 Å². The number of hydrogen-bond donors (Lipinski definition) is 2. The first kappa shape index (κ1) is 16.1. The first-order valence-corrected chi connectivity index (χ1v) is 8.37. The summed E-state index contributed by atoms with van der Waals surface area (Å²) in [7, 11) is 0. The first-order valence-electron chi connectivity index (χ1n) is 8.37. The topological polar surface area (TPSA) is 40.5 Å². The van der Waals surface area contributed by atoms with E-state index in [1.807, 2.05) is 48.5 Å². The van der Waals surface area contributed by atoms with Crippen molar-refractivity contribution in [1.82, 2.24) is 0 Å². The summed E-state index contributed by atoms with van der Waals surface area (Å²) in [5.74, 6) is 0.346. The lowest BCUT2D eigenvalue weighted by Gasteiger charge is -2.11. The molecule has 122 valence electrons. The molecule has 0 fully saturated rings. The molecule has 0 aliphatic heterocycles. The second-order valence-electron chi connectivity index (χ2n) is 5.99. The van der Waals surface area contributed by atoms with Gasteiger partial charge in [0.05, 0.1) is 0 Å². The van der Waals surface area contributed by atoms with Crippen LogP contribution in [0.4, 0.5) is 0 Å². The van der Waals surface area contributed by atoms with E-state index >= 15 is 0 Å². The van der Waals surface area contributed by atoms with E-state index in [0.717, 1.165) is 24.0 Å². The monoisotopic (exact) mass is 318 g/mol. The van der Waals surface area contributed by atoms with Crippen molar-refractivity contribution in [3.63, 3.8) is 0 Å². The van der Waals surface area contributed by atoms with E-state index in [9.17, 15) is 10.2 Å². The molecule has 3 rings (SSSR count). The summed E-state index contributed by atoms with van der Waals surface area (Å²) >= 11 is 0. The maximum absolute atomic E-state index is 10.4. The number of aromatic hydroxyl groups is 2. The van der Waals surface area contributed by atoms with Crippen molar-refractivity contribution in [3.8, 4) is 33.8 Å². The van der Waals surface area contributed by atoms with Gasteiger partial charge in [-0.25, -0.2) is 0 Å². The zero-order chi connectivity index (χ0) is 17.1. The molecule has 0 saturated heterocycles. The Hall–Kier alpha value is -2.74. The minimum absolute atomic E-state index is 0.173. The highest BCUT2D eigenvalue weighted by atomic mass is 16.3. The smallest absolute Gasteiger partial charge is 0.124 e. The molecule has 0 aliphatic rings. The normalized spacial score (nSPS) is 10.8. The van der Waals surface area contributed by atoms with Crippen LogP contribution < -0.4 is 0 Å². The largest absolute Gasteiger partial charge is 0.507 e. The van der Waals surface area contributed by atoms with Gasteiger partial charge in [0.1, 0.15) is 11.5 Å². The van der Waals surface area contributed by atoms with Crippen LogP contribution in [0.25, 0.3) is 22.3 Å². The summed E-state index contributed by atoms with van der Waals surface area (Å²) in [6.45, 7) is 4.22. The third-order valence-electron chi connectivity index (χ3n) is 4.46. The molecule has 0 radical (unpaired) electrons. The van der Waals surface area contributed by atoms with Crippen LogP contribution in [0, 0.1) is 0 Å². The minimum atomic E-state index is 0.173. The minimum Gasteiger partial charge on any atom is -0.507 e. The summed E-state index contributed by atoms with van der Waals surface area (Å²) in [5.41, 5.74) is 5.57. The summed E-state index contributed by atoms with van der Waals surface area (Å²) in [6, 6.07) is 19.4. The van der Waals surface area contributed by atoms with Crippen molar-refractivity contribution < 1.29 is 10.2 Å². The Labute approximate surface area is 143 Å². The third-order valence-corrected chi connectivity index (χ3v) is 4.46. The number of phenolic OH excluding ortho intramolecular Hbond substituents is 2. The summed E-state index contributed by atoms with van der Waals surface area (Å²) in [6.07, 6.45) is 1.95. The van der Waals surface area contributed by atoms with Crippen molar-refractivity contribution in [2.75, 3.05) is 0 Å². The van der Waals surface area contributed by atoms with Crippen molar-refractivity contribution in [1.29, 1.82) is 0 Å². The Bertz CT molecular complexity index is 758. The zero-order valence-electron chi connectivity index (χ0n) is 14.1. The molecule has 3 aromatic carbocycles. The lowest BCUT2D eigenvalue weighted by atomic mass is 9.96. The Morgan fingerprint density at radius 2 is 0.917 bits per heavy atom. The van der Waals surface area contributed by atoms with Crippen LogP contribution in [0.2, 0.25) is 0 Å². The summed E-state index contributed by atoms with van der Waals surface area (Å²) in [4.78, 5) is 0. The second kappa shape index (κ2) is 6.79. The molecule has 3 aromatic rings. The summed E-state index contributed by atoms with van der Waals surface area (Å²) in [5, 5.41) is 20.9. The highest BCUT2D eigenvalue weighted by Crippen LogP contribution is 2.39.